The summed E-state index contributed by atoms with van der Waals surface area (Å²) in [4.78, 5) is 10.6. The van der Waals surface area contributed by atoms with Crippen LogP contribution in [-0.2, 0) is 0 Å². The van der Waals surface area contributed by atoms with Crippen LogP contribution in [0.4, 0.5) is 4.79 Å². The van der Waals surface area contributed by atoms with Crippen molar-refractivity contribution in [3.05, 3.63) is 35.8 Å². The Bertz CT molecular complexity index is 460. The number of urea groups is 1. The molecule has 3 N–H and O–H groups in total. The Morgan fingerprint density at radius 1 is 1.59 bits per heavy atom. The first kappa shape index (κ1) is 11.4. The van der Waals surface area contributed by atoms with Gasteiger partial charge >= 0.3 is 6.03 Å². The normalized spacial score (nSPS) is 22.3. The van der Waals surface area contributed by atoms with Gasteiger partial charge in [0.15, 0.2) is 0 Å². The summed E-state index contributed by atoms with van der Waals surface area (Å²) < 4.78 is 5.40. The quantitative estimate of drug-likeness (QED) is 0.767. The first-order valence-electron chi connectivity index (χ1n) is 5.47. The Morgan fingerprint density at radius 3 is 3.06 bits per heavy atom. The van der Waals surface area contributed by atoms with E-state index in [1.807, 2.05) is 25.1 Å². The summed E-state index contributed by atoms with van der Waals surface area (Å²) in [5.74, 6) is 1.23. The van der Waals surface area contributed by atoms with Crippen molar-refractivity contribution in [2.24, 2.45) is 10.8 Å². The van der Waals surface area contributed by atoms with E-state index in [9.17, 15) is 4.79 Å². The number of furan rings is 1. The standard InChI is InChI=1S/C12H15N3O2/c1-8-5-9(11-3-2-4-17-11)7-10(6-8)14-15-12(13)16/h2-4,6,9H,5,7H2,1H3,(H3,13,15,16). The van der Waals surface area contributed by atoms with Crippen molar-refractivity contribution in [3.8, 4) is 0 Å². The van der Waals surface area contributed by atoms with Gasteiger partial charge in [0.1, 0.15) is 5.76 Å². The van der Waals surface area contributed by atoms with Crippen LogP contribution in [0.15, 0.2) is 39.6 Å². The highest BCUT2D eigenvalue weighted by Gasteiger charge is 2.21. The average Bonchev–Trinajstić information content (AvgIpc) is 2.79. The Hall–Kier alpha value is -2.04. The zero-order valence-corrected chi connectivity index (χ0v) is 9.64. The smallest absolute Gasteiger partial charge is 0.332 e. The zero-order valence-electron chi connectivity index (χ0n) is 9.64. The van der Waals surface area contributed by atoms with Gasteiger partial charge in [-0.2, -0.15) is 5.10 Å². The largest absolute Gasteiger partial charge is 0.469 e. The van der Waals surface area contributed by atoms with E-state index in [0.29, 0.717) is 0 Å². The Labute approximate surface area is 99.4 Å². The predicted octanol–water partition coefficient (Wildman–Crippen LogP) is 2.13. The van der Waals surface area contributed by atoms with Gasteiger partial charge in [-0.15, -0.1) is 0 Å². The van der Waals surface area contributed by atoms with Crippen LogP contribution >= 0.6 is 0 Å². The number of primary amides is 1. The third-order valence-electron chi connectivity index (χ3n) is 2.69. The molecule has 17 heavy (non-hydrogen) atoms. The van der Waals surface area contributed by atoms with Gasteiger partial charge in [0.2, 0.25) is 0 Å². The van der Waals surface area contributed by atoms with Gasteiger partial charge < -0.3 is 10.2 Å². The molecule has 1 aromatic rings. The van der Waals surface area contributed by atoms with Gasteiger partial charge in [-0.3, -0.25) is 0 Å². The molecule has 5 nitrogen and oxygen atoms in total. The molecule has 1 heterocycles. The molecule has 0 bridgehead atoms. The fourth-order valence-corrected chi connectivity index (χ4v) is 2.05. The highest BCUT2D eigenvalue weighted by molar-refractivity contribution is 5.97. The van der Waals surface area contributed by atoms with Crippen LogP contribution < -0.4 is 11.2 Å². The summed E-state index contributed by atoms with van der Waals surface area (Å²) in [6.07, 6.45) is 5.32. The van der Waals surface area contributed by atoms with E-state index in [0.717, 1.165) is 24.3 Å². The lowest BCUT2D eigenvalue weighted by molar-refractivity contribution is 0.249. The van der Waals surface area contributed by atoms with Crippen molar-refractivity contribution in [2.45, 2.75) is 25.7 Å². The van der Waals surface area contributed by atoms with E-state index in [1.165, 1.54) is 5.57 Å². The summed E-state index contributed by atoms with van der Waals surface area (Å²) in [5.41, 5.74) is 9.26. The van der Waals surface area contributed by atoms with E-state index >= 15 is 0 Å². The monoisotopic (exact) mass is 233 g/mol. The minimum Gasteiger partial charge on any atom is -0.469 e. The number of carbonyl (C=O) groups is 1. The number of nitrogens with zero attached hydrogens (tertiary/aromatic N) is 1. The molecule has 0 aromatic carbocycles. The molecule has 2 rings (SSSR count). The number of allylic oxidation sites excluding steroid dienone is 2. The van der Waals surface area contributed by atoms with Crippen molar-refractivity contribution < 1.29 is 9.21 Å². The molecule has 5 heteroatoms. The number of rotatable bonds is 2. The third kappa shape index (κ3) is 2.96. The van der Waals surface area contributed by atoms with Crippen LogP contribution in [-0.4, -0.2) is 11.7 Å². The molecule has 0 aliphatic heterocycles. The molecule has 1 atom stereocenters. The molecule has 0 radical (unpaired) electrons. The van der Waals surface area contributed by atoms with Crippen molar-refractivity contribution in [3.63, 3.8) is 0 Å². The van der Waals surface area contributed by atoms with E-state index in [2.05, 4.69) is 10.5 Å². The van der Waals surface area contributed by atoms with E-state index in [-0.39, 0.29) is 5.92 Å². The number of amides is 2. The van der Waals surface area contributed by atoms with Gasteiger partial charge in [0.25, 0.3) is 0 Å². The lowest BCUT2D eigenvalue weighted by atomic mass is 9.87. The molecular weight excluding hydrogens is 218 g/mol. The summed E-state index contributed by atoms with van der Waals surface area (Å²) in [6.45, 7) is 2.04. The molecule has 0 spiro atoms. The van der Waals surface area contributed by atoms with Gasteiger partial charge in [-0.1, -0.05) is 5.57 Å². The molecule has 1 aliphatic rings. The van der Waals surface area contributed by atoms with Crippen molar-refractivity contribution >= 4 is 11.7 Å². The van der Waals surface area contributed by atoms with Crippen LogP contribution in [0.1, 0.15) is 31.4 Å². The third-order valence-corrected chi connectivity index (χ3v) is 2.69. The highest BCUT2D eigenvalue weighted by Crippen LogP contribution is 2.31. The first-order valence-corrected chi connectivity index (χ1v) is 5.47. The molecule has 1 unspecified atom stereocenters. The van der Waals surface area contributed by atoms with Crippen LogP contribution in [0, 0.1) is 0 Å². The van der Waals surface area contributed by atoms with Crippen molar-refractivity contribution in [1.82, 2.24) is 5.43 Å². The van der Waals surface area contributed by atoms with Gasteiger partial charge in [0, 0.05) is 12.3 Å². The maximum absolute atomic E-state index is 10.6. The van der Waals surface area contributed by atoms with Crippen LogP contribution in [0.3, 0.4) is 0 Å². The predicted molar refractivity (Wildman–Crippen MR) is 64.6 cm³/mol. The second kappa shape index (κ2) is 4.86. The fraction of sp³-hybridized carbons (Fsp3) is 0.333. The maximum atomic E-state index is 10.6. The number of hydrazone groups is 1. The first-order chi connectivity index (χ1) is 8.15. The van der Waals surface area contributed by atoms with Crippen molar-refractivity contribution in [1.29, 1.82) is 0 Å². The number of nitrogens with one attached hydrogen (secondary N) is 1. The van der Waals surface area contributed by atoms with Crippen LogP contribution in [0.2, 0.25) is 0 Å². The molecule has 90 valence electrons. The Balaban J connectivity index is 2.13. The molecule has 0 fully saturated rings. The molecule has 0 saturated carbocycles. The minimum atomic E-state index is -0.649. The fourth-order valence-electron chi connectivity index (χ4n) is 2.05. The lowest BCUT2D eigenvalue weighted by Gasteiger charge is -2.20. The second-order valence-corrected chi connectivity index (χ2v) is 4.19. The molecule has 1 aromatic heterocycles. The second-order valence-electron chi connectivity index (χ2n) is 4.19. The van der Waals surface area contributed by atoms with Crippen LogP contribution in [0.5, 0.6) is 0 Å². The number of nitrogens with two attached hydrogens (primary N) is 1. The zero-order chi connectivity index (χ0) is 12.3. The maximum Gasteiger partial charge on any atom is 0.332 e. The lowest BCUT2D eigenvalue weighted by Crippen LogP contribution is -2.26. The topological polar surface area (TPSA) is 80.6 Å². The molecule has 1 aliphatic carbocycles. The van der Waals surface area contributed by atoms with E-state index in [4.69, 9.17) is 10.2 Å². The van der Waals surface area contributed by atoms with Gasteiger partial charge in [-0.05, 0) is 31.6 Å². The molecule has 0 saturated heterocycles. The summed E-state index contributed by atoms with van der Waals surface area (Å²) in [6, 6.07) is 3.19. The number of hydrogen-bond acceptors (Lipinski definition) is 3. The summed E-state index contributed by atoms with van der Waals surface area (Å²) in [5, 5.41) is 3.97. The SMILES string of the molecule is CC1=CC(=NNC(N)=O)CC(c2ccco2)C1. The number of carbonyl (C=O) groups excluding carboxylic acids is 1. The summed E-state index contributed by atoms with van der Waals surface area (Å²) in [7, 11) is 0. The van der Waals surface area contributed by atoms with E-state index in [1.54, 1.807) is 6.26 Å². The molecular formula is C12H15N3O2. The summed E-state index contributed by atoms with van der Waals surface area (Å²) >= 11 is 0. The van der Waals surface area contributed by atoms with Gasteiger partial charge in [-0.25, -0.2) is 10.2 Å². The average molecular weight is 233 g/mol. The van der Waals surface area contributed by atoms with Crippen molar-refractivity contribution in [2.75, 3.05) is 0 Å². The minimum absolute atomic E-state index is 0.281. The van der Waals surface area contributed by atoms with E-state index < -0.39 is 6.03 Å². The molecule has 2 amide bonds. The highest BCUT2D eigenvalue weighted by atomic mass is 16.3. The number of hydrogen-bond donors (Lipinski definition) is 2. The Kier molecular flexibility index (Phi) is 3.27. The van der Waals surface area contributed by atoms with Gasteiger partial charge in [0.05, 0.1) is 12.0 Å². The Morgan fingerprint density at radius 2 is 2.41 bits per heavy atom. The van der Waals surface area contributed by atoms with Crippen LogP contribution in [0.25, 0.3) is 0 Å².